The lowest BCUT2D eigenvalue weighted by molar-refractivity contribution is 0.102. The maximum Gasteiger partial charge on any atom is 0.256 e. The number of ether oxygens (including phenoxy) is 1. The zero-order valence-corrected chi connectivity index (χ0v) is 16.8. The first kappa shape index (κ1) is 18.8. The number of aryl methyl sites for hydroxylation is 2. The summed E-state index contributed by atoms with van der Waals surface area (Å²) in [6, 6.07) is 17.6. The number of H-pyrrole nitrogens is 1. The number of hydrogen-bond acceptors (Lipinski definition) is 3. The second-order valence-corrected chi connectivity index (χ2v) is 6.87. The highest BCUT2D eigenvalue weighted by atomic mass is 16.5. The number of aromatic nitrogens is 3. The lowest BCUT2D eigenvalue weighted by Crippen LogP contribution is -2.12. The predicted molar refractivity (Wildman–Crippen MR) is 116 cm³/mol. The van der Waals surface area contributed by atoms with E-state index in [0.717, 1.165) is 41.0 Å². The van der Waals surface area contributed by atoms with Gasteiger partial charge >= 0.3 is 0 Å². The first-order valence-electron chi connectivity index (χ1n) is 9.76. The first-order chi connectivity index (χ1) is 14.1. The summed E-state index contributed by atoms with van der Waals surface area (Å²) in [6.07, 6.45) is 0.946. The molecule has 0 atom stereocenters. The van der Waals surface area contributed by atoms with Crippen molar-refractivity contribution in [3.05, 3.63) is 65.7 Å². The van der Waals surface area contributed by atoms with E-state index in [9.17, 15) is 4.79 Å². The number of anilines is 1. The molecule has 6 nitrogen and oxygen atoms in total. The highest BCUT2D eigenvalue weighted by molar-refractivity contribution is 6.04. The van der Waals surface area contributed by atoms with Gasteiger partial charge in [0.2, 0.25) is 0 Å². The standard InChI is InChI=1S/C23H24N4O2/c1-4-15-6-8-16(9-7-15)23(28)24-22-14-19(25-26-22)21-13-17-12-18(29-3)10-11-20(17)27(21)5-2/h6-14H,4-5H2,1-3H3,(H2,24,25,26,28). The van der Waals surface area contributed by atoms with Crippen molar-refractivity contribution in [2.45, 2.75) is 26.8 Å². The molecule has 6 heteroatoms. The van der Waals surface area contributed by atoms with Crippen molar-refractivity contribution in [2.75, 3.05) is 12.4 Å². The molecule has 0 saturated heterocycles. The second-order valence-electron chi connectivity index (χ2n) is 6.87. The molecule has 1 amide bonds. The van der Waals surface area contributed by atoms with Gasteiger partial charge in [0.1, 0.15) is 5.75 Å². The Morgan fingerprint density at radius 2 is 1.90 bits per heavy atom. The van der Waals surface area contributed by atoms with Gasteiger partial charge in [0.25, 0.3) is 5.91 Å². The summed E-state index contributed by atoms with van der Waals surface area (Å²) in [5, 5.41) is 11.3. The molecule has 4 rings (SSSR count). The van der Waals surface area contributed by atoms with Crippen LogP contribution in [0.5, 0.6) is 5.75 Å². The maximum absolute atomic E-state index is 12.5. The number of carbonyl (C=O) groups is 1. The molecule has 0 aliphatic carbocycles. The minimum absolute atomic E-state index is 0.175. The zero-order valence-electron chi connectivity index (χ0n) is 16.8. The molecule has 0 aliphatic heterocycles. The highest BCUT2D eigenvalue weighted by Gasteiger charge is 2.14. The molecule has 2 N–H and O–H groups in total. The van der Waals surface area contributed by atoms with Gasteiger partial charge in [-0.1, -0.05) is 19.1 Å². The van der Waals surface area contributed by atoms with Crippen molar-refractivity contribution in [3.63, 3.8) is 0 Å². The number of rotatable bonds is 6. The first-order valence-corrected chi connectivity index (χ1v) is 9.76. The van der Waals surface area contributed by atoms with Crippen LogP contribution in [0.3, 0.4) is 0 Å². The second kappa shape index (κ2) is 7.83. The number of hydrogen-bond donors (Lipinski definition) is 2. The Morgan fingerprint density at radius 1 is 1.10 bits per heavy atom. The zero-order chi connectivity index (χ0) is 20.4. The summed E-state index contributed by atoms with van der Waals surface area (Å²) < 4.78 is 7.54. The molecule has 0 saturated carbocycles. The van der Waals surface area contributed by atoms with E-state index in [1.807, 2.05) is 42.5 Å². The van der Waals surface area contributed by atoms with Crippen LogP contribution in [0.4, 0.5) is 5.82 Å². The summed E-state index contributed by atoms with van der Waals surface area (Å²) in [6.45, 7) is 5.01. The predicted octanol–water partition coefficient (Wildman–Crippen LogP) is 4.87. The van der Waals surface area contributed by atoms with Gasteiger partial charge in [0, 0.05) is 29.1 Å². The van der Waals surface area contributed by atoms with Crippen LogP contribution >= 0.6 is 0 Å². The van der Waals surface area contributed by atoms with Gasteiger partial charge in [-0.2, -0.15) is 5.10 Å². The van der Waals surface area contributed by atoms with Gasteiger partial charge in [0.05, 0.1) is 18.5 Å². The average molecular weight is 388 g/mol. The average Bonchev–Trinajstić information content (AvgIpc) is 3.37. The van der Waals surface area contributed by atoms with E-state index in [1.54, 1.807) is 7.11 Å². The van der Waals surface area contributed by atoms with Crippen LogP contribution in [-0.2, 0) is 13.0 Å². The van der Waals surface area contributed by atoms with Gasteiger partial charge < -0.3 is 14.6 Å². The van der Waals surface area contributed by atoms with Crippen LogP contribution < -0.4 is 10.1 Å². The smallest absolute Gasteiger partial charge is 0.256 e. The number of benzene rings is 2. The Bertz CT molecular complexity index is 1160. The van der Waals surface area contributed by atoms with Gasteiger partial charge in [-0.15, -0.1) is 0 Å². The number of nitrogens with one attached hydrogen (secondary N) is 2. The molecular weight excluding hydrogens is 364 g/mol. The minimum atomic E-state index is -0.175. The van der Waals surface area contributed by atoms with Gasteiger partial charge in [-0.3, -0.25) is 9.89 Å². The van der Waals surface area contributed by atoms with Crippen molar-refractivity contribution >= 4 is 22.6 Å². The molecule has 29 heavy (non-hydrogen) atoms. The lowest BCUT2D eigenvalue weighted by Gasteiger charge is -2.06. The van der Waals surface area contributed by atoms with Gasteiger partial charge in [0.15, 0.2) is 5.82 Å². The van der Waals surface area contributed by atoms with Crippen LogP contribution in [0.15, 0.2) is 54.6 Å². The van der Waals surface area contributed by atoms with E-state index in [1.165, 1.54) is 5.56 Å². The Labute approximate surface area is 169 Å². The summed E-state index contributed by atoms with van der Waals surface area (Å²) in [5.74, 6) is 1.14. The van der Waals surface area contributed by atoms with E-state index in [-0.39, 0.29) is 5.91 Å². The lowest BCUT2D eigenvalue weighted by atomic mass is 10.1. The van der Waals surface area contributed by atoms with Crippen LogP contribution in [0.25, 0.3) is 22.3 Å². The van der Waals surface area contributed by atoms with E-state index < -0.39 is 0 Å². The molecule has 4 aromatic rings. The molecule has 2 heterocycles. The molecule has 2 aromatic heterocycles. The number of aromatic amines is 1. The molecule has 2 aromatic carbocycles. The molecule has 0 spiro atoms. The SMILES string of the molecule is CCc1ccc(C(=O)Nc2cc(-c3cc4cc(OC)ccc4n3CC)[nH]n2)cc1. The summed E-state index contributed by atoms with van der Waals surface area (Å²) in [5.41, 5.74) is 4.79. The van der Waals surface area contributed by atoms with Crippen LogP contribution in [0, 0.1) is 0 Å². The molecule has 0 fully saturated rings. The van der Waals surface area contributed by atoms with Crippen LogP contribution in [0.1, 0.15) is 29.8 Å². The van der Waals surface area contributed by atoms with E-state index >= 15 is 0 Å². The van der Waals surface area contributed by atoms with E-state index in [0.29, 0.717) is 11.4 Å². The maximum atomic E-state index is 12.5. The topological polar surface area (TPSA) is 71.9 Å². The van der Waals surface area contributed by atoms with E-state index in [4.69, 9.17) is 4.74 Å². The third-order valence-electron chi connectivity index (χ3n) is 5.14. The van der Waals surface area contributed by atoms with Gasteiger partial charge in [-0.25, -0.2) is 0 Å². The Balaban J connectivity index is 1.60. The number of nitrogens with zero attached hydrogens (tertiary/aromatic N) is 2. The quantitative estimate of drug-likeness (QED) is 0.495. The van der Waals surface area contributed by atoms with Crippen molar-refractivity contribution in [2.24, 2.45) is 0 Å². The normalized spacial score (nSPS) is 11.0. The van der Waals surface area contributed by atoms with Crippen LogP contribution in [-0.4, -0.2) is 27.8 Å². The largest absolute Gasteiger partial charge is 0.497 e. The van der Waals surface area contributed by atoms with Crippen LogP contribution in [0.2, 0.25) is 0 Å². The number of amides is 1. The minimum Gasteiger partial charge on any atom is -0.497 e. The molecule has 148 valence electrons. The fourth-order valence-electron chi connectivity index (χ4n) is 3.54. The monoisotopic (exact) mass is 388 g/mol. The molecule has 0 radical (unpaired) electrons. The third-order valence-corrected chi connectivity index (χ3v) is 5.14. The van der Waals surface area contributed by atoms with Crippen molar-refractivity contribution in [3.8, 4) is 17.1 Å². The Kier molecular flexibility index (Phi) is 5.08. The van der Waals surface area contributed by atoms with Crippen molar-refractivity contribution in [1.29, 1.82) is 0 Å². The third kappa shape index (κ3) is 3.61. The van der Waals surface area contributed by atoms with Gasteiger partial charge in [-0.05, 0) is 55.3 Å². The Morgan fingerprint density at radius 3 is 2.59 bits per heavy atom. The number of carbonyl (C=O) groups excluding carboxylic acids is 1. The fraction of sp³-hybridized carbons (Fsp3) is 0.217. The fourth-order valence-corrected chi connectivity index (χ4v) is 3.54. The molecule has 0 unspecified atom stereocenters. The summed E-state index contributed by atoms with van der Waals surface area (Å²) in [4.78, 5) is 12.5. The van der Waals surface area contributed by atoms with Crippen molar-refractivity contribution < 1.29 is 9.53 Å². The highest BCUT2D eigenvalue weighted by Crippen LogP contribution is 2.30. The molecule has 0 bridgehead atoms. The number of methoxy groups -OCH3 is 1. The molecule has 0 aliphatic rings. The van der Waals surface area contributed by atoms with Crippen molar-refractivity contribution in [1.82, 2.24) is 14.8 Å². The van der Waals surface area contributed by atoms with E-state index in [2.05, 4.69) is 46.1 Å². The number of fused-ring (bicyclic) bond motifs is 1. The molecular formula is C23H24N4O2. The Hall–Kier alpha value is -3.54. The summed E-state index contributed by atoms with van der Waals surface area (Å²) in [7, 11) is 1.67. The summed E-state index contributed by atoms with van der Waals surface area (Å²) >= 11 is 0.